The molecule has 0 unspecified atom stereocenters. The number of fused-ring (bicyclic) bond motifs is 1. The van der Waals surface area contributed by atoms with Gasteiger partial charge in [0.05, 0.1) is 7.11 Å². The Morgan fingerprint density at radius 3 is 2.33 bits per heavy atom. The molecule has 36 heavy (non-hydrogen) atoms. The van der Waals surface area contributed by atoms with Crippen LogP contribution in [0, 0.1) is 0 Å². The lowest BCUT2D eigenvalue weighted by Crippen LogP contribution is -2.48. The molecule has 0 heterocycles. The number of ether oxygens (including phenoxy) is 1. The van der Waals surface area contributed by atoms with Gasteiger partial charge < -0.3 is 15.4 Å². The van der Waals surface area contributed by atoms with Crippen LogP contribution in [-0.2, 0) is 17.6 Å². The first kappa shape index (κ1) is 25.3. The molecular weight excluding hydrogens is 472 g/mol. The van der Waals surface area contributed by atoms with E-state index in [0.717, 1.165) is 34.9 Å². The van der Waals surface area contributed by atoms with Crippen LogP contribution in [0.4, 0.5) is 0 Å². The maximum Gasteiger partial charge on any atom is 0.251 e. The Balaban J connectivity index is 1.44. The largest absolute Gasteiger partial charge is 0.497 e. The van der Waals surface area contributed by atoms with Crippen LogP contribution < -0.4 is 15.4 Å². The molecule has 0 radical (unpaired) electrons. The number of carbonyl (C=O) groups is 2. The second kappa shape index (κ2) is 12.2. The molecule has 184 valence electrons. The van der Waals surface area contributed by atoms with Crippen molar-refractivity contribution in [1.82, 2.24) is 10.6 Å². The van der Waals surface area contributed by atoms with E-state index in [1.807, 2.05) is 60.7 Å². The van der Waals surface area contributed by atoms with Gasteiger partial charge in [0.15, 0.2) is 0 Å². The maximum atomic E-state index is 13.1. The Bertz CT molecular complexity index is 1320. The zero-order valence-corrected chi connectivity index (χ0v) is 20.9. The van der Waals surface area contributed by atoms with Crippen molar-refractivity contribution >= 4 is 34.2 Å². The van der Waals surface area contributed by atoms with Gasteiger partial charge in [-0.25, -0.2) is 0 Å². The number of rotatable bonds is 10. The number of hydrogen-bond acceptors (Lipinski definition) is 3. The highest BCUT2D eigenvalue weighted by molar-refractivity contribution is 6.30. The number of hydrogen-bond donors (Lipinski definition) is 2. The van der Waals surface area contributed by atoms with Crippen LogP contribution in [0.25, 0.3) is 10.8 Å². The number of halogens is 1. The van der Waals surface area contributed by atoms with Crippen LogP contribution in [0.5, 0.6) is 5.75 Å². The SMILES string of the molecule is COc1ccc2cc(C(=O)N[C@@H](Cc3ccc(Cl)cc3)C(=O)NCCCc3ccccc3)ccc2c1. The molecule has 0 aromatic heterocycles. The first-order chi connectivity index (χ1) is 17.5. The van der Waals surface area contributed by atoms with Crippen molar-refractivity contribution in [2.75, 3.05) is 13.7 Å². The van der Waals surface area contributed by atoms with E-state index < -0.39 is 6.04 Å². The topological polar surface area (TPSA) is 67.4 Å². The molecule has 1 atom stereocenters. The highest BCUT2D eigenvalue weighted by Crippen LogP contribution is 2.22. The van der Waals surface area contributed by atoms with Gasteiger partial charge >= 0.3 is 0 Å². The van der Waals surface area contributed by atoms with Gasteiger partial charge in [-0.1, -0.05) is 66.2 Å². The van der Waals surface area contributed by atoms with Gasteiger partial charge in [0.2, 0.25) is 5.91 Å². The van der Waals surface area contributed by atoms with E-state index in [2.05, 4.69) is 22.8 Å². The molecule has 2 amide bonds. The summed E-state index contributed by atoms with van der Waals surface area (Å²) in [5.74, 6) is 0.245. The molecule has 6 heteroatoms. The molecule has 4 rings (SSSR count). The van der Waals surface area contributed by atoms with E-state index >= 15 is 0 Å². The summed E-state index contributed by atoms with van der Waals surface area (Å²) in [5.41, 5.74) is 2.63. The Morgan fingerprint density at radius 2 is 1.58 bits per heavy atom. The third kappa shape index (κ3) is 6.86. The molecule has 4 aromatic rings. The van der Waals surface area contributed by atoms with Gasteiger partial charge in [0, 0.05) is 23.6 Å². The van der Waals surface area contributed by atoms with Crippen molar-refractivity contribution in [3.8, 4) is 5.75 Å². The van der Waals surface area contributed by atoms with Gasteiger partial charge in [0.1, 0.15) is 11.8 Å². The minimum absolute atomic E-state index is 0.211. The highest BCUT2D eigenvalue weighted by atomic mass is 35.5. The number of benzene rings is 4. The smallest absolute Gasteiger partial charge is 0.251 e. The molecule has 0 saturated carbocycles. The summed E-state index contributed by atoms with van der Waals surface area (Å²) < 4.78 is 5.28. The Morgan fingerprint density at radius 1 is 0.861 bits per heavy atom. The van der Waals surface area contributed by atoms with E-state index in [1.165, 1.54) is 5.56 Å². The van der Waals surface area contributed by atoms with Crippen molar-refractivity contribution in [2.24, 2.45) is 0 Å². The molecule has 0 aliphatic carbocycles. The molecule has 5 nitrogen and oxygen atoms in total. The molecule has 0 spiro atoms. The zero-order valence-electron chi connectivity index (χ0n) is 20.2. The van der Waals surface area contributed by atoms with E-state index in [-0.39, 0.29) is 11.8 Å². The average molecular weight is 501 g/mol. The Hall–Kier alpha value is -3.83. The third-order valence-electron chi connectivity index (χ3n) is 6.07. The van der Waals surface area contributed by atoms with E-state index in [0.29, 0.717) is 23.6 Å². The minimum Gasteiger partial charge on any atom is -0.497 e. The number of nitrogens with one attached hydrogen (secondary N) is 2. The molecule has 0 aliphatic heterocycles. The van der Waals surface area contributed by atoms with E-state index in [4.69, 9.17) is 16.3 Å². The normalized spacial score (nSPS) is 11.6. The van der Waals surface area contributed by atoms with Crippen LogP contribution >= 0.6 is 11.6 Å². The molecule has 2 N–H and O–H groups in total. The van der Waals surface area contributed by atoms with Crippen molar-refractivity contribution in [3.63, 3.8) is 0 Å². The van der Waals surface area contributed by atoms with Crippen LogP contribution in [0.15, 0.2) is 91.0 Å². The molecule has 4 aromatic carbocycles. The van der Waals surface area contributed by atoms with Gasteiger partial charge in [-0.05, 0) is 71.1 Å². The number of carbonyl (C=O) groups excluding carboxylic acids is 2. The summed E-state index contributed by atoms with van der Waals surface area (Å²) in [6.07, 6.45) is 2.04. The van der Waals surface area contributed by atoms with Crippen molar-refractivity contribution in [3.05, 3.63) is 113 Å². The standard InChI is InChI=1S/C30H29ClN2O3/c1-36-27-16-13-23-19-25(12-11-24(23)20-27)29(34)33-28(18-22-9-14-26(31)15-10-22)30(35)32-17-5-8-21-6-3-2-4-7-21/h2-4,6-7,9-16,19-20,28H,5,8,17-18H2,1H3,(H,32,35)(H,33,34)/t28-/m0/s1. The average Bonchev–Trinajstić information content (AvgIpc) is 2.91. The minimum atomic E-state index is -0.720. The van der Waals surface area contributed by atoms with E-state index in [1.54, 1.807) is 25.3 Å². The quantitative estimate of drug-likeness (QED) is 0.279. The number of amides is 2. The number of aryl methyl sites for hydroxylation is 1. The van der Waals surface area contributed by atoms with Crippen LogP contribution in [0.1, 0.15) is 27.9 Å². The summed E-state index contributed by atoms with van der Waals surface area (Å²) >= 11 is 6.02. The van der Waals surface area contributed by atoms with Gasteiger partial charge in [-0.3, -0.25) is 9.59 Å². The highest BCUT2D eigenvalue weighted by Gasteiger charge is 2.22. The summed E-state index contributed by atoms with van der Waals surface area (Å²) in [4.78, 5) is 26.3. The van der Waals surface area contributed by atoms with Crippen molar-refractivity contribution in [1.29, 1.82) is 0 Å². The Kier molecular flexibility index (Phi) is 8.58. The zero-order chi connectivity index (χ0) is 25.3. The molecule has 0 bridgehead atoms. The first-order valence-corrected chi connectivity index (χ1v) is 12.3. The molecule has 0 fully saturated rings. The lowest BCUT2D eigenvalue weighted by Gasteiger charge is -2.19. The summed E-state index contributed by atoms with van der Waals surface area (Å²) in [6.45, 7) is 0.526. The van der Waals surface area contributed by atoms with Crippen LogP contribution in [0.2, 0.25) is 5.02 Å². The third-order valence-corrected chi connectivity index (χ3v) is 6.32. The van der Waals surface area contributed by atoms with Crippen LogP contribution in [0.3, 0.4) is 0 Å². The van der Waals surface area contributed by atoms with Gasteiger partial charge in [-0.15, -0.1) is 0 Å². The van der Waals surface area contributed by atoms with Gasteiger partial charge in [0.25, 0.3) is 5.91 Å². The molecular formula is C30H29ClN2O3. The fraction of sp³-hybridized carbons (Fsp3) is 0.200. The summed E-state index contributed by atoms with van der Waals surface area (Å²) in [7, 11) is 1.62. The predicted molar refractivity (Wildman–Crippen MR) is 145 cm³/mol. The lowest BCUT2D eigenvalue weighted by molar-refractivity contribution is -0.122. The Labute approximate surface area is 216 Å². The maximum absolute atomic E-state index is 13.1. The van der Waals surface area contributed by atoms with Crippen LogP contribution in [-0.4, -0.2) is 31.5 Å². The second-order valence-corrected chi connectivity index (χ2v) is 9.10. The fourth-order valence-electron chi connectivity index (χ4n) is 4.07. The van der Waals surface area contributed by atoms with E-state index in [9.17, 15) is 9.59 Å². The van der Waals surface area contributed by atoms with Gasteiger partial charge in [-0.2, -0.15) is 0 Å². The lowest BCUT2D eigenvalue weighted by atomic mass is 10.0. The first-order valence-electron chi connectivity index (χ1n) is 12.0. The molecule has 0 aliphatic rings. The van der Waals surface area contributed by atoms with Crippen molar-refractivity contribution in [2.45, 2.75) is 25.3 Å². The summed E-state index contributed by atoms with van der Waals surface area (Å²) in [5, 5.41) is 8.44. The molecule has 0 saturated heterocycles. The predicted octanol–water partition coefficient (Wildman–Crippen LogP) is 5.59. The fourth-order valence-corrected chi connectivity index (χ4v) is 4.20. The number of methoxy groups -OCH3 is 1. The second-order valence-electron chi connectivity index (χ2n) is 8.66. The monoisotopic (exact) mass is 500 g/mol. The summed E-state index contributed by atoms with van der Waals surface area (Å²) in [6, 6.07) is 27.9. The van der Waals surface area contributed by atoms with Crippen molar-refractivity contribution < 1.29 is 14.3 Å².